The summed E-state index contributed by atoms with van der Waals surface area (Å²) >= 11 is 11.6. The van der Waals surface area contributed by atoms with Crippen molar-refractivity contribution in [1.29, 1.82) is 0 Å². The molecule has 7 aromatic carbocycles. The van der Waals surface area contributed by atoms with Crippen LogP contribution in [0.5, 0.6) is 5.75 Å². The summed E-state index contributed by atoms with van der Waals surface area (Å²) in [6.45, 7) is 6.70. The first-order valence-corrected chi connectivity index (χ1v) is 29.0. The molecule has 5 N–H and O–H groups in total. The number of anilines is 6. The molecule has 0 saturated carbocycles. The number of benzene rings is 7. The lowest BCUT2D eigenvalue weighted by molar-refractivity contribution is -0.114. The molecule has 9 rings (SSSR count). The van der Waals surface area contributed by atoms with Crippen LogP contribution < -0.4 is 29.9 Å². The van der Waals surface area contributed by atoms with Gasteiger partial charge in [0.1, 0.15) is 5.69 Å². The van der Waals surface area contributed by atoms with Gasteiger partial charge < -0.3 is 34.6 Å². The molecule has 0 unspecified atom stereocenters. The standard InChI is InChI=1S/C34H29Cl2N9O8S2.C24H29N3/c1-17-19(3)42-52-33(17)44-54(48,49)23-12-8-21(9-13-23)38-40-27-16-28(30(46)25-6-5-7-26(29(25)27)37-32(47)31(35)36)41-39-22-10-14-24(15-11-22)55(50,51)45-34-18(2)20(4)43-53-34;1-25-21-12-6-18(7-13-21)24(19-8-14-22(15-9-19)26(2)3)20-10-16-23(17-11-20)27(4)5/h5-16,31,44-46H,1-4H3,(H,37,47);6-17,24-25H,1-5H3. The van der Waals surface area contributed by atoms with Crippen molar-refractivity contribution < 1.29 is 35.8 Å². The molecule has 20 nitrogen and oxygen atoms in total. The van der Waals surface area contributed by atoms with Crippen LogP contribution in [0.25, 0.3) is 10.8 Å². The van der Waals surface area contributed by atoms with Crippen LogP contribution in [0.2, 0.25) is 0 Å². The van der Waals surface area contributed by atoms with E-state index in [1.54, 1.807) is 39.8 Å². The van der Waals surface area contributed by atoms with Crippen LogP contribution >= 0.6 is 23.2 Å². The zero-order valence-corrected chi connectivity index (χ0v) is 49.1. The second-order valence-corrected chi connectivity index (χ2v) is 23.6. The van der Waals surface area contributed by atoms with Crippen LogP contribution in [-0.4, -0.2) is 78.2 Å². The minimum absolute atomic E-state index is 0.000280. The van der Waals surface area contributed by atoms with Crippen molar-refractivity contribution in [2.45, 2.75) is 48.2 Å². The number of hydrogen-bond acceptors (Lipinski definition) is 17. The first-order chi connectivity index (χ1) is 39.0. The maximum atomic E-state index is 13.0. The Balaban J connectivity index is 0.000000272. The van der Waals surface area contributed by atoms with Gasteiger partial charge in [0.2, 0.25) is 11.8 Å². The van der Waals surface area contributed by atoms with Crippen LogP contribution in [0.1, 0.15) is 45.1 Å². The van der Waals surface area contributed by atoms with Gasteiger partial charge in [-0.3, -0.25) is 4.79 Å². The molecule has 0 radical (unpaired) electrons. The monoisotopic (exact) mass is 1180 g/mol. The van der Waals surface area contributed by atoms with Gasteiger partial charge in [0.25, 0.3) is 26.0 Å². The molecule has 424 valence electrons. The van der Waals surface area contributed by atoms with Crippen LogP contribution in [0.4, 0.5) is 57.3 Å². The van der Waals surface area contributed by atoms with E-state index < -0.39 is 30.8 Å². The Morgan fingerprint density at radius 1 is 0.585 bits per heavy atom. The molecule has 2 heterocycles. The van der Waals surface area contributed by atoms with E-state index in [0.717, 1.165) is 5.69 Å². The number of phenols is 1. The molecule has 0 aliphatic carbocycles. The minimum atomic E-state index is -4.03. The van der Waals surface area contributed by atoms with Gasteiger partial charge in [0.15, 0.2) is 10.6 Å². The molecule has 1 amide bonds. The highest BCUT2D eigenvalue weighted by Gasteiger charge is 2.23. The Hall–Kier alpha value is -8.83. The second-order valence-electron chi connectivity index (χ2n) is 19.1. The smallest absolute Gasteiger partial charge is 0.264 e. The van der Waals surface area contributed by atoms with Crippen molar-refractivity contribution >= 4 is 117 Å². The SMILES string of the molecule is CNc1ccc(C(c2ccc(N(C)C)cc2)c2ccc(N(C)C)cc2)cc1.Cc1noc(NS(=O)(=O)c2ccc(N=Nc3cc(N=Nc4ccc(S(=O)(=O)Nc5onc(C)c5C)cc4)c4c(NC(=O)C(Cl)Cl)cccc4c3O)cc2)c1C. The van der Waals surface area contributed by atoms with Crippen LogP contribution in [0.15, 0.2) is 185 Å². The van der Waals surface area contributed by atoms with Gasteiger partial charge >= 0.3 is 0 Å². The molecule has 0 atom stereocenters. The first kappa shape index (κ1) is 59.3. The maximum Gasteiger partial charge on any atom is 0.264 e. The number of nitrogens with zero attached hydrogens (tertiary/aromatic N) is 8. The number of fused-ring (bicyclic) bond motifs is 1. The third-order valence-corrected chi connectivity index (χ3v) is 16.3. The van der Waals surface area contributed by atoms with Gasteiger partial charge in [-0.25, -0.2) is 26.3 Å². The van der Waals surface area contributed by atoms with E-state index in [1.165, 1.54) is 88.7 Å². The van der Waals surface area contributed by atoms with E-state index in [1.807, 2.05) is 7.05 Å². The summed E-state index contributed by atoms with van der Waals surface area (Å²) in [4.78, 5) is 15.2. The Bertz CT molecular complexity index is 3970. The summed E-state index contributed by atoms with van der Waals surface area (Å²) in [5.41, 5.74) is 10.4. The fraction of sp³-hybridized carbons (Fsp3) is 0.190. The molecule has 0 fully saturated rings. The van der Waals surface area contributed by atoms with Crippen molar-refractivity contribution in [3.8, 4) is 5.75 Å². The van der Waals surface area contributed by atoms with E-state index in [4.69, 9.17) is 32.2 Å². The van der Waals surface area contributed by atoms with Gasteiger partial charge in [0.05, 0.1) is 43.9 Å². The van der Waals surface area contributed by atoms with E-state index >= 15 is 0 Å². The van der Waals surface area contributed by atoms with Gasteiger partial charge in [-0.15, -0.1) is 10.2 Å². The maximum absolute atomic E-state index is 13.0. The molecule has 0 aliphatic rings. The van der Waals surface area contributed by atoms with Gasteiger partial charge in [0, 0.05) is 80.1 Å². The lowest BCUT2D eigenvalue weighted by Crippen LogP contribution is -2.18. The molecule has 2 aromatic heterocycles. The van der Waals surface area contributed by atoms with Gasteiger partial charge in [-0.05, 0) is 141 Å². The molecule has 0 saturated heterocycles. The fourth-order valence-electron chi connectivity index (χ4n) is 8.22. The Morgan fingerprint density at radius 3 is 1.40 bits per heavy atom. The van der Waals surface area contributed by atoms with Crippen LogP contribution in [0.3, 0.4) is 0 Å². The zero-order valence-electron chi connectivity index (χ0n) is 46.0. The quantitative estimate of drug-likeness (QED) is 0.0304. The van der Waals surface area contributed by atoms with E-state index in [-0.39, 0.29) is 72.4 Å². The van der Waals surface area contributed by atoms with Crippen LogP contribution in [-0.2, 0) is 24.8 Å². The number of phenolic OH excluding ortho intramolecular Hbond substituents is 1. The molecule has 0 aliphatic heterocycles. The normalized spacial score (nSPS) is 11.8. The first-order valence-electron chi connectivity index (χ1n) is 25.2. The van der Waals surface area contributed by atoms with Crippen molar-refractivity contribution in [3.63, 3.8) is 0 Å². The lowest BCUT2D eigenvalue weighted by atomic mass is 9.85. The molecule has 82 heavy (non-hydrogen) atoms. The summed E-state index contributed by atoms with van der Waals surface area (Å²) in [7, 11) is 2.19. The average Bonchev–Trinajstić information content (AvgIpc) is 3.48. The van der Waals surface area contributed by atoms with Crippen LogP contribution in [0, 0.1) is 27.7 Å². The van der Waals surface area contributed by atoms with Crippen molar-refractivity contribution in [1.82, 2.24) is 10.3 Å². The molecule has 9 aromatic rings. The van der Waals surface area contributed by atoms with E-state index in [2.05, 4.69) is 162 Å². The summed E-state index contributed by atoms with van der Waals surface area (Å²) < 4.78 is 66.6. The average molecular weight is 1190 g/mol. The minimum Gasteiger partial charge on any atom is -0.505 e. The number of sulfonamides is 2. The number of hydrogen-bond donors (Lipinski definition) is 5. The van der Waals surface area contributed by atoms with Gasteiger partial charge in [-0.2, -0.15) is 10.2 Å². The Kier molecular flexibility index (Phi) is 18.3. The number of alkyl halides is 2. The van der Waals surface area contributed by atoms with Crippen molar-refractivity contribution in [2.24, 2.45) is 20.5 Å². The van der Waals surface area contributed by atoms with E-state index in [0.29, 0.717) is 22.5 Å². The number of aryl methyl sites for hydroxylation is 2. The number of nitrogens with one attached hydrogen (secondary N) is 4. The van der Waals surface area contributed by atoms with Gasteiger partial charge in [-0.1, -0.05) is 82.0 Å². The zero-order chi connectivity index (χ0) is 59.0. The lowest BCUT2D eigenvalue weighted by Gasteiger charge is -2.22. The number of azo groups is 2. The highest BCUT2D eigenvalue weighted by Crippen LogP contribution is 2.45. The Morgan fingerprint density at radius 2 is 1.01 bits per heavy atom. The third-order valence-electron chi connectivity index (χ3n) is 13.2. The highest BCUT2D eigenvalue weighted by molar-refractivity contribution is 7.93. The molecular weight excluding hydrogens is 1130 g/mol. The number of carbonyl (C=O) groups is 1. The molecular formula is C58H58Cl2N12O8S2. The summed E-state index contributed by atoms with van der Waals surface area (Å²) in [5, 5.41) is 42.0. The number of rotatable bonds is 18. The van der Waals surface area contributed by atoms with E-state index in [9.17, 15) is 26.7 Å². The summed E-state index contributed by atoms with van der Waals surface area (Å²) in [6, 6.07) is 43.4. The largest absolute Gasteiger partial charge is 0.505 e. The predicted octanol–water partition coefficient (Wildman–Crippen LogP) is 14.0. The number of aromatic nitrogens is 2. The molecule has 24 heteroatoms. The Labute approximate surface area is 485 Å². The van der Waals surface area contributed by atoms with Crippen molar-refractivity contribution in [2.75, 3.05) is 65.1 Å². The van der Waals surface area contributed by atoms with Crippen molar-refractivity contribution in [3.05, 3.63) is 185 Å². The predicted molar refractivity (Wildman–Crippen MR) is 323 cm³/mol. The fourth-order valence-corrected chi connectivity index (χ4v) is 10.4. The number of amides is 1. The second kappa shape index (κ2) is 25.3. The topological polar surface area (TPSA) is 262 Å². The summed E-state index contributed by atoms with van der Waals surface area (Å²) in [5.74, 6) is -0.863. The highest BCUT2D eigenvalue weighted by atomic mass is 35.5. The number of halogens is 2. The number of aromatic hydroxyl groups is 1. The number of carbonyl (C=O) groups excluding carboxylic acids is 1. The molecule has 0 spiro atoms. The summed E-state index contributed by atoms with van der Waals surface area (Å²) in [6.07, 6.45) is 0. The molecule has 0 bridgehead atoms. The third kappa shape index (κ3) is 13.8.